The Morgan fingerprint density at radius 2 is 2.54 bits per heavy atom. The van der Waals surface area contributed by atoms with Crippen molar-refractivity contribution in [2.75, 3.05) is 0 Å². The van der Waals surface area contributed by atoms with E-state index >= 15 is 0 Å². The highest BCUT2D eigenvalue weighted by Crippen LogP contribution is 2.22. The highest BCUT2D eigenvalue weighted by atomic mass is 16.4. The fourth-order valence-electron chi connectivity index (χ4n) is 1.41. The summed E-state index contributed by atoms with van der Waals surface area (Å²) in [5.74, 6) is -0.287. The molecule has 2 N–H and O–H groups in total. The highest BCUT2D eigenvalue weighted by Gasteiger charge is 2.29. The van der Waals surface area contributed by atoms with Gasteiger partial charge in [-0.1, -0.05) is 0 Å². The van der Waals surface area contributed by atoms with Crippen LogP contribution in [0.5, 0.6) is 0 Å². The first kappa shape index (κ1) is 8.12. The van der Waals surface area contributed by atoms with Crippen LogP contribution < -0.4 is 5.32 Å². The third-order valence-corrected chi connectivity index (χ3v) is 2.04. The molecule has 1 aliphatic rings. The number of aryl methyl sites for hydroxylation is 1. The lowest BCUT2D eigenvalue weighted by atomic mass is 10.2. The lowest BCUT2D eigenvalue weighted by Crippen LogP contribution is -2.22. The SMILES string of the molecule is Cc1ncc2c(n1)C(C(=O)O)NC2. The van der Waals surface area contributed by atoms with Crippen LogP contribution in [0, 0.1) is 6.92 Å². The molecule has 5 nitrogen and oxygen atoms in total. The molecule has 5 heteroatoms. The first-order valence-corrected chi connectivity index (χ1v) is 3.97. The van der Waals surface area contributed by atoms with Gasteiger partial charge < -0.3 is 5.11 Å². The summed E-state index contributed by atoms with van der Waals surface area (Å²) in [5, 5.41) is 11.7. The Labute approximate surface area is 74.8 Å². The quantitative estimate of drug-likeness (QED) is 0.635. The zero-order valence-electron chi connectivity index (χ0n) is 7.11. The molecule has 1 aromatic heterocycles. The van der Waals surface area contributed by atoms with Gasteiger partial charge in [0.2, 0.25) is 0 Å². The van der Waals surface area contributed by atoms with Crippen LogP contribution in [0.3, 0.4) is 0 Å². The van der Waals surface area contributed by atoms with Gasteiger partial charge >= 0.3 is 5.97 Å². The molecule has 0 bridgehead atoms. The summed E-state index contributed by atoms with van der Waals surface area (Å²) in [6.07, 6.45) is 1.67. The van der Waals surface area contributed by atoms with E-state index in [1.807, 2.05) is 0 Å². The van der Waals surface area contributed by atoms with Gasteiger partial charge in [-0.2, -0.15) is 0 Å². The minimum atomic E-state index is -0.892. The summed E-state index contributed by atoms with van der Waals surface area (Å²) in [4.78, 5) is 18.9. The number of fused-ring (bicyclic) bond motifs is 1. The van der Waals surface area contributed by atoms with Crippen molar-refractivity contribution in [1.29, 1.82) is 0 Å². The zero-order chi connectivity index (χ0) is 9.42. The molecule has 13 heavy (non-hydrogen) atoms. The first-order valence-electron chi connectivity index (χ1n) is 3.97. The van der Waals surface area contributed by atoms with E-state index in [0.717, 1.165) is 5.56 Å². The minimum absolute atomic E-state index is 0.534. The number of hydrogen-bond donors (Lipinski definition) is 2. The predicted molar refractivity (Wildman–Crippen MR) is 44.0 cm³/mol. The average molecular weight is 179 g/mol. The Hall–Kier alpha value is -1.49. The fraction of sp³-hybridized carbons (Fsp3) is 0.375. The average Bonchev–Trinajstić information content (AvgIpc) is 2.46. The van der Waals surface area contributed by atoms with Gasteiger partial charge in [0.25, 0.3) is 0 Å². The number of aromatic nitrogens is 2. The Bertz CT molecular complexity index is 364. The number of nitrogens with zero attached hydrogens (tertiary/aromatic N) is 2. The molecule has 0 saturated heterocycles. The Kier molecular flexibility index (Phi) is 1.73. The van der Waals surface area contributed by atoms with Crippen LogP contribution in [0.1, 0.15) is 23.1 Å². The fourth-order valence-corrected chi connectivity index (χ4v) is 1.41. The van der Waals surface area contributed by atoms with Crippen molar-refractivity contribution in [1.82, 2.24) is 15.3 Å². The van der Waals surface area contributed by atoms with Crippen LogP contribution >= 0.6 is 0 Å². The van der Waals surface area contributed by atoms with Gasteiger partial charge in [0.15, 0.2) is 0 Å². The molecule has 0 aliphatic carbocycles. The van der Waals surface area contributed by atoms with Crippen molar-refractivity contribution in [2.24, 2.45) is 0 Å². The smallest absolute Gasteiger partial charge is 0.327 e. The van der Waals surface area contributed by atoms with Crippen molar-refractivity contribution in [3.05, 3.63) is 23.3 Å². The molecule has 2 rings (SSSR count). The zero-order valence-corrected chi connectivity index (χ0v) is 7.11. The van der Waals surface area contributed by atoms with Gasteiger partial charge in [-0.15, -0.1) is 0 Å². The summed E-state index contributed by atoms with van der Waals surface area (Å²) in [7, 11) is 0. The lowest BCUT2D eigenvalue weighted by molar-refractivity contribution is -0.139. The second kappa shape index (κ2) is 2.77. The van der Waals surface area contributed by atoms with E-state index in [4.69, 9.17) is 5.11 Å². The van der Waals surface area contributed by atoms with Crippen LogP contribution in [-0.4, -0.2) is 21.0 Å². The summed E-state index contributed by atoms with van der Waals surface area (Å²) in [6, 6.07) is -0.670. The summed E-state index contributed by atoms with van der Waals surface area (Å²) < 4.78 is 0. The van der Waals surface area contributed by atoms with Crippen LogP contribution in [0.2, 0.25) is 0 Å². The van der Waals surface area contributed by atoms with E-state index in [-0.39, 0.29) is 0 Å². The molecule has 1 aliphatic heterocycles. The van der Waals surface area contributed by atoms with Crippen molar-refractivity contribution in [3.8, 4) is 0 Å². The van der Waals surface area contributed by atoms with Crippen molar-refractivity contribution < 1.29 is 9.90 Å². The Morgan fingerprint density at radius 1 is 1.77 bits per heavy atom. The molecule has 0 saturated carbocycles. The van der Waals surface area contributed by atoms with Crippen LogP contribution in [-0.2, 0) is 11.3 Å². The van der Waals surface area contributed by atoms with Gasteiger partial charge in [0, 0.05) is 18.3 Å². The van der Waals surface area contributed by atoms with Gasteiger partial charge in [-0.3, -0.25) is 10.1 Å². The maximum absolute atomic E-state index is 10.8. The number of rotatable bonds is 1. The maximum atomic E-state index is 10.8. The molecule has 0 aromatic carbocycles. The Morgan fingerprint density at radius 3 is 3.23 bits per heavy atom. The van der Waals surface area contributed by atoms with E-state index < -0.39 is 12.0 Å². The molecule has 0 radical (unpaired) electrons. The van der Waals surface area contributed by atoms with E-state index in [1.165, 1.54) is 0 Å². The summed E-state index contributed by atoms with van der Waals surface area (Å²) >= 11 is 0. The number of carboxylic acid groups (broad SMARTS) is 1. The first-order chi connectivity index (χ1) is 6.18. The van der Waals surface area contributed by atoms with Crippen molar-refractivity contribution in [2.45, 2.75) is 19.5 Å². The number of carboxylic acids is 1. The van der Waals surface area contributed by atoms with Gasteiger partial charge in [0.05, 0.1) is 5.69 Å². The van der Waals surface area contributed by atoms with Crippen LogP contribution in [0.15, 0.2) is 6.20 Å². The topological polar surface area (TPSA) is 75.1 Å². The summed E-state index contributed by atoms with van der Waals surface area (Å²) in [5.41, 5.74) is 1.47. The predicted octanol–water partition coefficient (Wildman–Crippen LogP) is 0.0139. The molecule has 2 heterocycles. The summed E-state index contributed by atoms with van der Waals surface area (Å²) in [6.45, 7) is 2.28. The molecular weight excluding hydrogens is 170 g/mol. The van der Waals surface area contributed by atoms with Crippen LogP contribution in [0.4, 0.5) is 0 Å². The molecule has 68 valence electrons. The van der Waals surface area contributed by atoms with Gasteiger partial charge in [-0.05, 0) is 6.92 Å². The standard InChI is InChI=1S/C8H9N3O2/c1-4-9-2-5-3-10-7(8(12)13)6(5)11-4/h2,7,10H,3H2,1H3,(H,12,13). The van der Waals surface area contributed by atoms with Crippen molar-refractivity contribution >= 4 is 5.97 Å². The largest absolute Gasteiger partial charge is 0.480 e. The molecule has 0 spiro atoms. The molecule has 0 fully saturated rings. The molecule has 0 amide bonds. The van der Waals surface area contributed by atoms with Gasteiger partial charge in [0.1, 0.15) is 11.9 Å². The highest BCUT2D eigenvalue weighted by molar-refractivity contribution is 5.76. The number of aliphatic carboxylic acids is 1. The molecule has 1 aromatic rings. The van der Waals surface area contributed by atoms with Gasteiger partial charge in [-0.25, -0.2) is 9.97 Å². The maximum Gasteiger partial charge on any atom is 0.327 e. The molecule has 1 unspecified atom stereocenters. The lowest BCUT2D eigenvalue weighted by Gasteiger charge is -2.04. The third kappa shape index (κ3) is 1.27. The Balaban J connectivity index is 2.46. The normalized spacial score (nSPS) is 19.9. The number of nitrogens with one attached hydrogen (secondary N) is 1. The monoisotopic (exact) mass is 179 g/mol. The third-order valence-electron chi connectivity index (χ3n) is 2.04. The minimum Gasteiger partial charge on any atom is -0.480 e. The number of hydrogen-bond acceptors (Lipinski definition) is 4. The van der Waals surface area contributed by atoms with Crippen molar-refractivity contribution in [3.63, 3.8) is 0 Å². The van der Waals surface area contributed by atoms with E-state index in [0.29, 0.717) is 18.1 Å². The van der Waals surface area contributed by atoms with E-state index in [2.05, 4.69) is 15.3 Å². The van der Waals surface area contributed by atoms with E-state index in [1.54, 1.807) is 13.1 Å². The van der Waals surface area contributed by atoms with E-state index in [9.17, 15) is 4.79 Å². The van der Waals surface area contributed by atoms with Crippen LogP contribution in [0.25, 0.3) is 0 Å². The number of carbonyl (C=O) groups is 1. The molecule has 1 atom stereocenters. The molecular formula is C8H9N3O2. The second-order valence-electron chi connectivity index (χ2n) is 2.98. The second-order valence-corrected chi connectivity index (χ2v) is 2.98.